The van der Waals surface area contributed by atoms with Crippen LogP contribution in [0.4, 0.5) is 0 Å². The minimum absolute atomic E-state index is 0.409. The molecule has 0 unspecified atom stereocenters. The molecule has 0 radical (unpaired) electrons. The molecule has 0 bridgehead atoms. The predicted octanol–water partition coefficient (Wildman–Crippen LogP) is 4.51. The first-order valence-electron chi connectivity index (χ1n) is 6.08. The van der Waals surface area contributed by atoms with Crippen molar-refractivity contribution in [1.82, 2.24) is 0 Å². The van der Waals surface area contributed by atoms with Crippen molar-refractivity contribution in [3.8, 4) is 5.75 Å². The van der Waals surface area contributed by atoms with Gasteiger partial charge in [-0.25, -0.2) is 0 Å². The summed E-state index contributed by atoms with van der Waals surface area (Å²) in [5, 5.41) is 0. The Hall–Kier alpha value is -0.980. The van der Waals surface area contributed by atoms with E-state index in [0.29, 0.717) is 5.41 Å². The lowest BCUT2D eigenvalue weighted by Crippen LogP contribution is -2.08. The topological polar surface area (TPSA) is 9.23 Å². The highest BCUT2D eigenvalue weighted by atomic mass is 16.5. The van der Waals surface area contributed by atoms with Crippen LogP contribution in [0.15, 0.2) is 18.2 Å². The van der Waals surface area contributed by atoms with E-state index in [1.807, 2.05) is 0 Å². The van der Waals surface area contributed by atoms with Crippen LogP contribution >= 0.6 is 0 Å². The first-order valence-corrected chi connectivity index (χ1v) is 6.08. The first kappa shape index (κ1) is 13.1. The van der Waals surface area contributed by atoms with Crippen LogP contribution in [0.2, 0.25) is 0 Å². The van der Waals surface area contributed by atoms with Crippen molar-refractivity contribution in [3.63, 3.8) is 0 Å². The lowest BCUT2D eigenvalue weighted by molar-refractivity contribution is 0.269. The minimum atomic E-state index is 0.409. The van der Waals surface area contributed by atoms with E-state index in [1.54, 1.807) is 0 Å². The molecule has 16 heavy (non-hydrogen) atoms. The molecule has 0 aromatic heterocycles. The van der Waals surface area contributed by atoms with E-state index in [1.165, 1.54) is 17.5 Å². The second kappa shape index (κ2) is 5.38. The third-order valence-corrected chi connectivity index (χ3v) is 2.54. The van der Waals surface area contributed by atoms with Crippen molar-refractivity contribution in [2.45, 2.75) is 47.5 Å². The second-order valence-electron chi connectivity index (χ2n) is 5.84. The van der Waals surface area contributed by atoms with Crippen molar-refractivity contribution >= 4 is 0 Å². The molecule has 0 atom stereocenters. The molecule has 0 aliphatic carbocycles. The monoisotopic (exact) mass is 220 g/mol. The Balaban J connectivity index is 2.37. The highest BCUT2D eigenvalue weighted by Crippen LogP contribution is 2.21. The molecule has 0 amide bonds. The zero-order valence-corrected chi connectivity index (χ0v) is 11.3. The number of hydrogen-bond acceptors (Lipinski definition) is 1. The molecule has 0 saturated heterocycles. The van der Waals surface area contributed by atoms with E-state index in [-0.39, 0.29) is 0 Å². The molecule has 0 aliphatic heterocycles. The fourth-order valence-corrected chi connectivity index (χ4v) is 1.81. The predicted molar refractivity (Wildman–Crippen MR) is 70.1 cm³/mol. The van der Waals surface area contributed by atoms with Gasteiger partial charge >= 0.3 is 0 Å². The average Bonchev–Trinajstić information content (AvgIpc) is 2.09. The van der Waals surface area contributed by atoms with Crippen molar-refractivity contribution in [1.29, 1.82) is 0 Å². The summed E-state index contributed by atoms with van der Waals surface area (Å²) < 4.78 is 5.76. The maximum absolute atomic E-state index is 5.76. The van der Waals surface area contributed by atoms with Crippen LogP contribution in [-0.4, -0.2) is 6.61 Å². The average molecular weight is 220 g/mol. The van der Waals surface area contributed by atoms with Gasteiger partial charge in [0.2, 0.25) is 0 Å². The molecular weight excluding hydrogens is 196 g/mol. The maximum Gasteiger partial charge on any atom is 0.119 e. The Labute approximate surface area is 99.8 Å². The highest BCUT2D eigenvalue weighted by molar-refractivity contribution is 5.32. The molecule has 0 heterocycles. The maximum atomic E-state index is 5.76. The number of benzene rings is 1. The number of rotatable bonds is 4. The number of aryl methyl sites for hydroxylation is 2. The van der Waals surface area contributed by atoms with Crippen LogP contribution in [0, 0.1) is 19.3 Å². The summed E-state index contributed by atoms with van der Waals surface area (Å²) in [6.07, 6.45) is 2.33. The standard InChI is InChI=1S/C15H24O/c1-12-9-13(2)11-14(10-12)16-8-6-7-15(3,4)5/h9-11H,6-8H2,1-5H3. The van der Waals surface area contributed by atoms with E-state index < -0.39 is 0 Å². The lowest BCUT2D eigenvalue weighted by Gasteiger charge is -2.17. The zero-order valence-electron chi connectivity index (χ0n) is 11.3. The van der Waals surface area contributed by atoms with Gasteiger partial charge in [0, 0.05) is 0 Å². The Morgan fingerprint density at radius 3 is 2.06 bits per heavy atom. The zero-order chi connectivity index (χ0) is 12.2. The summed E-state index contributed by atoms with van der Waals surface area (Å²) in [4.78, 5) is 0. The molecule has 0 aliphatic rings. The number of hydrogen-bond donors (Lipinski definition) is 0. The fourth-order valence-electron chi connectivity index (χ4n) is 1.81. The van der Waals surface area contributed by atoms with Gasteiger partial charge in [-0.3, -0.25) is 0 Å². The van der Waals surface area contributed by atoms with Crippen LogP contribution in [0.25, 0.3) is 0 Å². The summed E-state index contributed by atoms with van der Waals surface area (Å²) in [6.45, 7) is 11.8. The summed E-state index contributed by atoms with van der Waals surface area (Å²) >= 11 is 0. The summed E-state index contributed by atoms with van der Waals surface area (Å²) in [7, 11) is 0. The van der Waals surface area contributed by atoms with Gasteiger partial charge in [-0.15, -0.1) is 0 Å². The van der Waals surface area contributed by atoms with E-state index in [2.05, 4.69) is 52.8 Å². The van der Waals surface area contributed by atoms with Crippen LogP contribution in [0.3, 0.4) is 0 Å². The molecule has 0 spiro atoms. The SMILES string of the molecule is Cc1cc(C)cc(OCCCC(C)(C)C)c1. The van der Waals surface area contributed by atoms with Crippen molar-refractivity contribution in [3.05, 3.63) is 29.3 Å². The van der Waals surface area contributed by atoms with Gasteiger partial charge < -0.3 is 4.74 Å². The Bertz CT molecular complexity index is 314. The largest absolute Gasteiger partial charge is 0.494 e. The molecule has 0 fully saturated rings. The van der Waals surface area contributed by atoms with Gasteiger partial charge in [0.1, 0.15) is 5.75 Å². The molecule has 1 aromatic carbocycles. The first-order chi connectivity index (χ1) is 7.37. The Morgan fingerprint density at radius 2 is 1.56 bits per heavy atom. The van der Waals surface area contributed by atoms with Gasteiger partial charge in [-0.1, -0.05) is 26.8 Å². The number of ether oxygens (including phenoxy) is 1. The van der Waals surface area contributed by atoms with Gasteiger partial charge in [0.15, 0.2) is 0 Å². The molecule has 1 nitrogen and oxygen atoms in total. The molecule has 0 saturated carbocycles. The lowest BCUT2D eigenvalue weighted by atomic mass is 9.91. The van der Waals surface area contributed by atoms with Crippen molar-refractivity contribution in [2.75, 3.05) is 6.61 Å². The molecule has 1 aromatic rings. The second-order valence-corrected chi connectivity index (χ2v) is 5.84. The third-order valence-electron chi connectivity index (χ3n) is 2.54. The Morgan fingerprint density at radius 1 is 1.00 bits per heavy atom. The van der Waals surface area contributed by atoms with Gasteiger partial charge in [0.05, 0.1) is 6.61 Å². The van der Waals surface area contributed by atoms with Gasteiger partial charge in [0.25, 0.3) is 0 Å². The van der Waals surface area contributed by atoms with Crippen LogP contribution in [-0.2, 0) is 0 Å². The summed E-state index contributed by atoms with van der Waals surface area (Å²) in [6, 6.07) is 6.37. The fraction of sp³-hybridized carbons (Fsp3) is 0.600. The molecule has 1 rings (SSSR count). The summed E-state index contributed by atoms with van der Waals surface area (Å²) in [5.41, 5.74) is 2.95. The van der Waals surface area contributed by atoms with E-state index in [0.717, 1.165) is 18.8 Å². The normalized spacial score (nSPS) is 11.6. The van der Waals surface area contributed by atoms with Crippen molar-refractivity contribution in [2.24, 2.45) is 5.41 Å². The van der Waals surface area contributed by atoms with Crippen LogP contribution in [0.5, 0.6) is 5.75 Å². The third kappa shape index (κ3) is 5.20. The Kier molecular flexibility index (Phi) is 4.40. The van der Waals surface area contributed by atoms with E-state index in [4.69, 9.17) is 4.74 Å². The summed E-state index contributed by atoms with van der Waals surface area (Å²) in [5.74, 6) is 1.01. The smallest absolute Gasteiger partial charge is 0.119 e. The van der Waals surface area contributed by atoms with Crippen LogP contribution < -0.4 is 4.74 Å². The van der Waals surface area contributed by atoms with Crippen molar-refractivity contribution < 1.29 is 4.74 Å². The van der Waals surface area contributed by atoms with E-state index in [9.17, 15) is 0 Å². The van der Waals surface area contributed by atoms with Gasteiger partial charge in [-0.2, -0.15) is 0 Å². The van der Waals surface area contributed by atoms with Crippen LogP contribution in [0.1, 0.15) is 44.7 Å². The van der Waals surface area contributed by atoms with E-state index >= 15 is 0 Å². The molecular formula is C15H24O. The quantitative estimate of drug-likeness (QED) is 0.678. The molecule has 1 heteroatoms. The highest BCUT2D eigenvalue weighted by Gasteiger charge is 2.09. The molecule has 0 N–H and O–H groups in total. The minimum Gasteiger partial charge on any atom is -0.494 e. The van der Waals surface area contributed by atoms with Gasteiger partial charge in [-0.05, 0) is 55.4 Å². The molecule has 90 valence electrons.